The summed E-state index contributed by atoms with van der Waals surface area (Å²) < 4.78 is 5.11. The summed E-state index contributed by atoms with van der Waals surface area (Å²) in [4.78, 5) is 41.5. The molecule has 1 N–H and O–H groups in total. The predicted octanol–water partition coefficient (Wildman–Crippen LogP) is 3.70. The van der Waals surface area contributed by atoms with E-state index in [0.29, 0.717) is 51.1 Å². The molecule has 0 atom stereocenters. The zero-order valence-corrected chi connectivity index (χ0v) is 17.7. The number of hydrogen-bond acceptors (Lipinski definition) is 4. The minimum atomic E-state index is -0.204. The fourth-order valence-electron chi connectivity index (χ4n) is 4.31. The van der Waals surface area contributed by atoms with Crippen LogP contribution in [0.3, 0.4) is 0 Å². The van der Waals surface area contributed by atoms with E-state index in [9.17, 15) is 14.4 Å². The second-order valence-electron chi connectivity index (χ2n) is 7.82. The van der Waals surface area contributed by atoms with Gasteiger partial charge in [-0.05, 0) is 56.0 Å². The van der Waals surface area contributed by atoms with E-state index in [-0.39, 0.29) is 23.8 Å². The van der Waals surface area contributed by atoms with Crippen LogP contribution in [0.1, 0.15) is 35.7 Å². The second kappa shape index (κ2) is 9.20. The van der Waals surface area contributed by atoms with Gasteiger partial charge in [-0.2, -0.15) is 0 Å². The maximum absolute atomic E-state index is 13.2. The first-order valence-electron chi connectivity index (χ1n) is 10.8. The van der Waals surface area contributed by atoms with E-state index < -0.39 is 0 Å². The maximum atomic E-state index is 13.2. The number of para-hydroxylation sites is 1. The molecule has 0 radical (unpaired) electrons. The van der Waals surface area contributed by atoms with Crippen molar-refractivity contribution in [2.75, 3.05) is 36.5 Å². The van der Waals surface area contributed by atoms with Gasteiger partial charge in [0.05, 0.1) is 12.5 Å². The van der Waals surface area contributed by atoms with E-state index in [4.69, 9.17) is 4.74 Å². The summed E-state index contributed by atoms with van der Waals surface area (Å²) in [6.45, 7) is 3.77. The normalized spacial score (nSPS) is 16.0. The van der Waals surface area contributed by atoms with Gasteiger partial charge in [0.25, 0.3) is 5.91 Å². The van der Waals surface area contributed by atoms with Crippen molar-refractivity contribution in [1.82, 2.24) is 4.90 Å². The monoisotopic (exact) mass is 421 g/mol. The summed E-state index contributed by atoms with van der Waals surface area (Å²) in [5.41, 5.74) is 3.06. The van der Waals surface area contributed by atoms with Gasteiger partial charge in [-0.1, -0.05) is 24.3 Å². The van der Waals surface area contributed by atoms with Crippen molar-refractivity contribution in [2.24, 2.45) is 5.92 Å². The quantitative estimate of drug-likeness (QED) is 0.764. The number of carbonyl (C=O) groups is 3. The molecule has 7 heteroatoms. The van der Waals surface area contributed by atoms with Crippen LogP contribution in [-0.4, -0.2) is 49.0 Å². The lowest BCUT2D eigenvalue weighted by molar-refractivity contribution is -0.149. The third-order valence-electron chi connectivity index (χ3n) is 5.93. The van der Waals surface area contributed by atoms with Gasteiger partial charge in [-0.15, -0.1) is 0 Å². The molecule has 4 rings (SSSR count). The van der Waals surface area contributed by atoms with Crippen LogP contribution < -0.4 is 10.2 Å². The molecule has 31 heavy (non-hydrogen) atoms. The fraction of sp³-hybridized carbons (Fsp3) is 0.375. The van der Waals surface area contributed by atoms with Crippen LogP contribution in [-0.2, 0) is 16.0 Å². The van der Waals surface area contributed by atoms with Crippen LogP contribution in [0.15, 0.2) is 48.5 Å². The third-order valence-corrected chi connectivity index (χ3v) is 5.93. The van der Waals surface area contributed by atoms with Crippen molar-refractivity contribution < 1.29 is 19.1 Å². The van der Waals surface area contributed by atoms with Crippen molar-refractivity contribution in [2.45, 2.75) is 26.2 Å². The molecule has 2 aliphatic rings. The molecule has 2 aliphatic heterocycles. The number of nitrogens with zero attached hydrogens (tertiary/aromatic N) is 2. The Kier molecular flexibility index (Phi) is 6.21. The van der Waals surface area contributed by atoms with Gasteiger partial charge in [0.2, 0.25) is 0 Å². The maximum Gasteiger partial charge on any atom is 0.326 e. The van der Waals surface area contributed by atoms with Gasteiger partial charge < -0.3 is 15.0 Å². The Bertz CT molecular complexity index is 968. The number of esters is 1. The summed E-state index contributed by atoms with van der Waals surface area (Å²) >= 11 is 0. The first-order valence-corrected chi connectivity index (χ1v) is 10.8. The van der Waals surface area contributed by atoms with Gasteiger partial charge in [0.15, 0.2) is 0 Å². The minimum absolute atomic E-state index is 0.0375. The zero-order chi connectivity index (χ0) is 21.8. The average Bonchev–Trinajstić information content (AvgIpc) is 3.24. The summed E-state index contributed by atoms with van der Waals surface area (Å²) in [5.74, 6) is -0.345. The molecule has 2 aromatic carbocycles. The SMILES string of the molecule is CCOC(=O)C1CCN(C(=O)c2cccc3c2CCN3C(=O)Nc2ccccc2)CC1. The average molecular weight is 421 g/mol. The highest BCUT2D eigenvalue weighted by Crippen LogP contribution is 2.32. The minimum Gasteiger partial charge on any atom is -0.466 e. The number of piperidine rings is 1. The standard InChI is InChI=1S/C24H27N3O4/c1-2-31-23(29)17-11-14-26(15-12-17)22(28)20-9-6-10-21-19(20)13-16-27(21)24(30)25-18-7-4-3-5-8-18/h3-10,17H,2,11-16H2,1H3,(H,25,30). The highest BCUT2D eigenvalue weighted by atomic mass is 16.5. The van der Waals surface area contributed by atoms with E-state index in [0.717, 1.165) is 16.9 Å². The number of rotatable bonds is 4. The lowest BCUT2D eigenvalue weighted by atomic mass is 9.95. The molecule has 162 valence electrons. The molecule has 3 amide bonds. The van der Waals surface area contributed by atoms with E-state index in [1.54, 1.807) is 16.7 Å². The predicted molar refractivity (Wildman–Crippen MR) is 118 cm³/mol. The van der Waals surface area contributed by atoms with Crippen molar-refractivity contribution in [3.05, 3.63) is 59.7 Å². The van der Waals surface area contributed by atoms with Crippen LogP contribution in [0.4, 0.5) is 16.2 Å². The van der Waals surface area contributed by atoms with E-state index in [2.05, 4.69) is 5.32 Å². The second-order valence-corrected chi connectivity index (χ2v) is 7.82. The van der Waals surface area contributed by atoms with Crippen LogP contribution >= 0.6 is 0 Å². The molecule has 0 bridgehead atoms. The molecule has 7 nitrogen and oxygen atoms in total. The molecule has 0 saturated carbocycles. The number of carbonyl (C=O) groups excluding carboxylic acids is 3. The Labute approximate surface area is 182 Å². The van der Waals surface area contributed by atoms with Crippen molar-refractivity contribution >= 4 is 29.3 Å². The van der Waals surface area contributed by atoms with Crippen molar-refractivity contribution in [1.29, 1.82) is 0 Å². The van der Waals surface area contributed by atoms with E-state index in [1.165, 1.54) is 0 Å². The third kappa shape index (κ3) is 4.40. The van der Waals surface area contributed by atoms with Gasteiger partial charge in [0, 0.05) is 36.6 Å². The molecular formula is C24H27N3O4. The smallest absolute Gasteiger partial charge is 0.326 e. The Hall–Kier alpha value is -3.35. The number of nitrogens with one attached hydrogen (secondary N) is 1. The number of fused-ring (bicyclic) bond motifs is 1. The number of likely N-dealkylation sites (tertiary alicyclic amines) is 1. The molecule has 0 aliphatic carbocycles. The van der Waals surface area contributed by atoms with Crippen LogP contribution in [0.25, 0.3) is 0 Å². The van der Waals surface area contributed by atoms with E-state index >= 15 is 0 Å². The van der Waals surface area contributed by atoms with Gasteiger partial charge in [-0.3, -0.25) is 14.5 Å². The lowest BCUT2D eigenvalue weighted by Crippen LogP contribution is -2.41. The van der Waals surface area contributed by atoms with Gasteiger partial charge >= 0.3 is 12.0 Å². The van der Waals surface area contributed by atoms with Crippen LogP contribution in [0.2, 0.25) is 0 Å². The molecule has 0 aromatic heterocycles. The summed E-state index contributed by atoms with van der Waals surface area (Å²) in [6, 6.07) is 14.7. The molecule has 0 unspecified atom stereocenters. The van der Waals surface area contributed by atoms with Gasteiger partial charge in [-0.25, -0.2) is 4.79 Å². The number of urea groups is 1. The lowest BCUT2D eigenvalue weighted by Gasteiger charge is -2.31. The zero-order valence-electron chi connectivity index (χ0n) is 17.7. The highest BCUT2D eigenvalue weighted by Gasteiger charge is 2.32. The molecule has 1 saturated heterocycles. The highest BCUT2D eigenvalue weighted by molar-refractivity contribution is 6.05. The summed E-state index contributed by atoms with van der Waals surface area (Å²) in [6.07, 6.45) is 1.87. The molecule has 1 fully saturated rings. The molecular weight excluding hydrogens is 394 g/mol. The van der Waals surface area contributed by atoms with E-state index in [1.807, 2.05) is 48.5 Å². The number of ether oxygens (including phenoxy) is 1. The van der Waals surface area contributed by atoms with Crippen LogP contribution in [0, 0.1) is 5.92 Å². The van der Waals surface area contributed by atoms with Crippen molar-refractivity contribution in [3.63, 3.8) is 0 Å². The summed E-state index contributed by atoms with van der Waals surface area (Å²) in [7, 11) is 0. The number of benzene rings is 2. The topological polar surface area (TPSA) is 79.0 Å². The van der Waals surface area contributed by atoms with Gasteiger partial charge in [0.1, 0.15) is 0 Å². The first-order chi connectivity index (χ1) is 15.1. The Morgan fingerprint density at radius 1 is 1.00 bits per heavy atom. The fourth-order valence-corrected chi connectivity index (χ4v) is 4.31. The van der Waals surface area contributed by atoms with Crippen molar-refractivity contribution in [3.8, 4) is 0 Å². The largest absolute Gasteiger partial charge is 0.466 e. The number of hydrogen-bond donors (Lipinski definition) is 1. The molecule has 2 aromatic rings. The summed E-state index contributed by atoms with van der Waals surface area (Å²) in [5, 5.41) is 2.91. The Morgan fingerprint density at radius 3 is 2.45 bits per heavy atom. The Balaban J connectivity index is 1.45. The molecule has 0 spiro atoms. The Morgan fingerprint density at radius 2 is 1.74 bits per heavy atom. The first kappa shape index (κ1) is 20.9. The van der Waals surface area contributed by atoms with Crippen LogP contribution in [0.5, 0.6) is 0 Å². The number of amides is 3. The molecule has 2 heterocycles. The number of anilines is 2.